The minimum absolute atomic E-state index is 0. The van der Waals surface area contributed by atoms with Gasteiger partial charge in [-0.3, -0.25) is 4.98 Å². The van der Waals surface area contributed by atoms with E-state index in [2.05, 4.69) is 95.7 Å². The average molecular weight is 749 g/mol. The van der Waals surface area contributed by atoms with Crippen LogP contribution in [0.5, 0.6) is 0 Å². The van der Waals surface area contributed by atoms with Crippen molar-refractivity contribution in [1.29, 1.82) is 0 Å². The number of aromatic nitrogens is 3. The van der Waals surface area contributed by atoms with Crippen LogP contribution in [-0.4, -0.2) is 21.1 Å². The minimum Gasteiger partial charge on any atom is -0.423 e. The van der Waals surface area contributed by atoms with E-state index in [1.165, 1.54) is 0 Å². The molecule has 0 atom stereocenters. The van der Waals surface area contributed by atoms with Crippen LogP contribution in [0.25, 0.3) is 21.9 Å². The molecule has 0 aliphatic rings. The largest absolute Gasteiger partial charge is 0.423 e. The van der Waals surface area contributed by atoms with Gasteiger partial charge in [-0.25, -0.2) is 0 Å². The third kappa shape index (κ3) is 13.8. The SMILES string of the molecule is CC.CC.CC.CC(C)(C)c1cccc2c(N)noc12.CC(C)(C)c1nccc2c(N)noc12.[CH2-]N=C(N)c1[c-]c(C(C)(C)C)ccc1.[Y]. The fraction of sp³-hybridized carbons (Fsp3) is 0.462. The van der Waals surface area contributed by atoms with Crippen molar-refractivity contribution in [2.75, 3.05) is 11.5 Å². The fourth-order valence-electron chi connectivity index (χ4n) is 4.13. The van der Waals surface area contributed by atoms with Gasteiger partial charge < -0.3 is 31.2 Å². The molecule has 0 aliphatic heterocycles. The van der Waals surface area contributed by atoms with Crippen LogP contribution in [0.2, 0.25) is 0 Å². The van der Waals surface area contributed by atoms with Gasteiger partial charge in [0.2, 0.25) is 0 Å². The van der Waals surface area contributed by atoms with Crippen LogP contribution in [0.4, 0.5) is 11.6 Å². The number of fused-ring (bicyclic) bond motifs is 2. The molecule has 5 aromatic rings. The third-order valence-electron chi connectivity index (χ3n) is 6.51. The van der Waals surface area contributed by atoms with Crippen molar-refractivity contribution < 1.29 is 41.8 Å². The summed E-state index contributed by atoms with van der Waals surface area (Å²) in [4.78, 5) is 8.00. The smallest absolute Gasteiger partial charge is 0.191 e. The van der Waals surface area contributed by atoms with E-state index in [1.54, 1.807) is 6.20 Å². The zero-order valence-corrected chi connectivity index (χ0v) is 35.6. The summed E-state index contributed by atoms with van der Waals surface area (Å²) >= 11 is 0. The van der Waals surface area contributed by atoms with Crippen LogP contribution in [-0.2, 0) is 49.0 Å². The number of aliphatic imine (C=N–C) groups is 1. The number of anilines is 2. The van der Waals surface area contributed by atoms with Gasteiger partial charge in [-0.15, -0.1) is 42.4 Å². The molecule has 2 aromatic carbocycles. The van der Waals surface area contributed by atoms with Gasteiger partial charge in [0.15, 0.2) is 22.8 Å². The topological polar surface area (TPSA) is 155 Å². The van der Waals surface area contributed by atoms with Crippen molar-refractivity contribution in [2.45, 2.75) is 120 Å². The summed E-state index contributed by atoms with van der Waals surface area (Å²) in [6.07, 6.45) is 1.73. The van der Waals surface area contributed by atoms with Crippen molar-refractivity contribution in [2.24, 2.45) is 10.7 Å². The summed E-state index contributed by atoms with van der Waals surface area (Å²) in [6.45, 7) is 31.1. The number of nitrogens with two attached hydrogens (primary N) is 3. The van der Waals surface area contributed by atoms with Gasteiger partial charge in [-0.05, 0) is 23.0 Å². The molecule has 269 valence electrons. The predicted octanol–water partition coefficient (Wildman–Crippen LogP) is 10.2. The van der Waals surface area contributed by atoms with Crippen LogP contribution in [0.15, 0.2) is 62.7 Å². The van der Waals surface area contributed by atoms with Gasteiger partial charge in [0.25, 0.3) is 0 Å². The second-order valence-electron chi connectivity index (χ2n) is 13.1. The first-order valence-corrected chi connectivity index (χ1v) is 16.7. The van der Waals surface area contributed by atoms with Crippen molar-refractivity contribution in [1.82, 2.24) is 15.3 Å². The standard InChI is InChI=1S/C12H16N2.C11H14N2O.C10H13N3O.3C2H6.Y/c1-12(2,3)10-7-5-6-9(8-10)11(13)14-4;1-11(2,3)8-6-4-5-7-9(8)14-13-10(7)12;1-10(2,3)8-7-6(4-5-12-8)9(11)13-14-7;3*1-2;/h5-7H,4H2,1-3H3,(H2,13,14);4-6H,1-3H3,(H2,12,13);4-5H,1-3H3,(H2,11,13);3*1-2H3;/q-2;;;;;;. The Morgan fingerprint density at radius 2 is 1.18 bits per heavy atom. The Balaban J connectivity index is 0. The first kappa shape index (κ1) is 47.7. The molecule has 0 fully saturated rings. The summed E-state index contributed by atoms with van der Waals surface area (Å²) < 4.78 is 10.4. The third-order valence-corrected chi connectivity index (χ3v) is 6.51. The molecule has 9 nitrogen and oxygen atoms in total. The van der Waals surface area contributed by atoms with E-state index >= 15 is 0 Å². The molecule has 0 bridgehead atoms. The molecule has 10 heteroatoms. The Morgan fingerprint density at radius 3 is 1.65 bits per heavy atom. The number of benzene rings is 2. The summed E-state index contributed by atoms with van der Waals surface area (Å²) in [5, 5.41) is 9.24. The molecule has 0 aliphatic carbocycles. The number of rotatable bonds is 1. The molecule has 1 radical (unpaired) electrons. The van der Waals surface area contributed by atoms with Crippen LogP contribution in [0.3, 0.4) is 0 Å². The second-order valence-corrected chi connectivity index (χ2v) is 13.1. The van der Waals surface area contributed by atoms with E-state index in [1.807, 2.05) is 84.0 Å². The average Bonchev–Trinajstić information content (AvgIpc) is 3.64. The number of nitrogens with zero attached hydrogens (tertiary/aromatic N) is 4. The summed E-state index contributed by atoms with van der Waals surface area (Å²) in [7, 11) is 3.40. The number of nitrogen functional groups attached to an aromatic ring is 2. The molecule has 3 aromatic heterocycles. The zero-order valence-electron chi connectivity index (χ0n) is 32.7. The van der Waals surface area contributed by atoms with E-state index in [0.29, 0.717) is 23.1 Å². The first-order valence-electron chi connectivity index (χ1n) is 16.7. The van der Waals surface area contributed by atoms with Gasteiger partial charge in [0.1, 0.15) is 0 Å². The van der Waals surface area contributed by atoms with E-state index < -0.39 is 0 Å². The minimum atomic E-state index is -0.0640. The monoisotopic (exact) mass is 748 g/mol. The van der Waals surface area contributed by atoms with Gasteiger partial charge in [0, 0.05) is 55.7 Å². The Hall–Kier alpha value is -3.43. The van der Waals surface area contributed by atoms with Crippen LogP contribution in [0, 0.1) is 13.1 Å². The molecule has 0 spiro atoms. The molecule has 6 N–H and O–H groups in total. The zero-order chi connectivity index (χ0) is 37.5. The molecular weight excluding hydrogens is 687 g/mol. The van der Waals surface area contributed by atoms with E-state index in [-0.39, 0.29) is 49.0 Å². The first-order chi connectivity index (χ1) is 22.4. The molecule has 0 saturated heterocycles. The van der Waals surface area contributed by atoms with Crippen LogP contribution in [0.1, 0.15) is 126 Å². The summed E-state index contributed by atoms with van der Waals surface area (Å²) in [5.74, 6) is 1.31. The Bertz CT molecular complexity index is 1600. The Morgan fingerprint density at radius 1 is 0.694 bits per heavy atom. The van der Waals surface area contributed by atoms with Crippen LogP contribution < -0.4 is 17.2 Å². The van der Waals surface area contributed by atoms with E-state index in [4.69, 9.17) is 26.2 Å². The van der Waals surface area contributed by atoms with Crippen molar-refractivity contribution in [3.05, 3.63) is 84.2 Å². The molecule has 49 heavy (non-hydrogen) atoms. The summed E-state index contributed by atoms with van der Waals surface area (Å²) in [6, 6.07) is 16.9. The van der Waals surface area contributed by atoms with Gasteiger partial charge in [0.05, 0.1) is 16.5 Å². The van der Waals surface area contributed by atoms with E-state index in [0.717, 1.165) is 38.7 Å². The molecule has 3 heterocycles. The maximum absolute atomic E-state index is 5.68. The fourth-order valence-corrected chi connectivity index (χ4v) is 4.13. The normalized spacial score (nSPS) is 11.0. The van der Waals surface area contributed by atoms with Crippen molar-refractivity contribution in [3.63, 3.8) is 0 Å². The quantitative estimate of drug-likeness (QED) is 0.0869. The molecule has 0 saturated carbocycles. The number of para-hydroxylation sites is 1. The van der Waals surface area contributed by atoms with Crippen molar-refractivity contribution in [3.8, 4) is 0 Å². The van der Waals surface area contributed by atoms with Gasteiger partial charge in [-0.1, -0.05) is 126 Å². The number of amidine groups is 1. The predicted molar refractivity (Wildman–Crippen MR) is 206 cm³/mol. The van der Waals surface area contributed by atoms with E-state index in [9.17, 15) is 0 Å². The van der Waals surface area contributed by atoms with Gasteiger partial charge >= 0.3 is 0 Å². The maximum Gasteiger partial charge on any atom is 0.191 e. The van der Waals surface area contributed by atoms with Crippen LogP contribution >= 0.6 is 0 Å². The Kier molecular flexibility index (Phi) is 21.0. The maximum atomic E-state index is 5.68. The van der Waals surface area contributed by atoms with Crippen molar-refractivity contribution >= 4 is 39.4 Å². The summed E-state index contributed by atoms with van der Waals surface area (Å²) in [5.41, 5.74) is 22.5. The molecule has 0 amide bonds. The molecule has 0 unspecified atom stereocenters. The number of hydrogen-bond donors (Lipinski definition) is 3. The molecular formula is C39H61N7O2Y-2. The van der Waals surface area contributed by atoms with Gasteiger partial charge in [-0.2, -0.15) is 0 Å². The Labute approximate surface area is 321 Å². The molecule has 5 rings (SSSR count). The second kappa shape index (κ2) is 21.6. The number of pyridine rings is 1. The number of hydrogen-bond acceptors (Lipinski definition) is 8.